The van der Waals surface area contributed by atoms with Crippen LogP contribution in [0.3, 0.4) is 0 Å². The minimum absolute atomic E-state index is 0.0614. The monoisotopic (exact) mass is 922 g/mol. The minimum atomic E-state index is -4.34. The first-order chi connectivity index (χ1) is 31.0. The average molecular weight is 922 g/mol. The van der Waals surface area contributed by atoms with Crippen LogP contribution >= 0.6 is 7.82 Å². The second kappa shape index (κ2) is 46.6. The minimum Gasteiger partial charge on any atom is -0.387 e. The molecule has 8 nitrogen and oxygen atoms in total. The molecule has 1 amide bonds. The van der Waals surface area contributed by atoms with Crippen LogP contribution in [0.1, 0.15) is 245 Å². The number of aliphatic hydroxyl groups excluding tert-OH is 1. The smallest absolute Gasteiger partial charge is 0.387 e. The Balaban J connectivity index is 4.04. The summed E-state index contributed by atoms with van der Waals surface area (Å²) < 4.78 is 23.6. The number of likely N-dealkylation sites (N-methyl/N-ethyl adjacent to an activating group) is 1. The Morgan fingerprint density at radius 2 is 0.891 bits per heavy atom. The van der Waals surface area contributed by atoms with Gasteiger partial charge in [0.05, 0.1) is 39.9 Å². The second-order valence-electron chi connectivity index (χ2n) is 19.6. The number of phosphoric ester groups is 1. The zero-order valence-corrected chi connectivity index (χ0v) is 43.7. The van der Waals surface area contributed by atoms with E-state index >= 15 is 0 Å². The summed E-state index contributed by atoms with van der Waals surface area (Å²) in [6, 6.07) is -0.845. The molecule has 0 fully saturated rings. The topological polar surface area (TPSA) is 105 Å². The van der Waals surface area contributed by atoms with Gasteiger partial charge in [-0.25, -0.2) is 4.57 Å². The van der Waals surface area contributed by atoms with E-state index in [0.717, 1.165) is 51.4 Å². The van der Waals surface area contributed by atoms with Gasteiger partial charge in [-0.15, -0.1) is 0 Å². The number of allylic oxidation sites excluding steroid dienone is 7. The number of carbonyl (C=O) groups is 1. The average Bonchev–Trinajstić information content (AvgIpc) is 3.25. The van der Waals surface area contributed by atoms with Crippen LogP contribution in [-0.4, -0.2) is 73.4 Å². The van der Waals surface area contributed by atoms with Crippen molar-refractivity contribution in [1.82, 2.24) is 5.32 Å². The van der Waals surface area contributed by atoms with Crippen molar-refractivity contribution < 1.29 is 32.9 Å². The third-order valence-corrected chi connectivity index (χ3v) is 13.0. The van der Waals surface area contributed by atoms with E-state index in [4.69, 9.17) is 9.05 Å². The summed E-state index contributed by atoms with van der Waals surface area (Å²) in [5.41, 5.74) is 0. The molecule has 0 spiro atoms. The molecule has 0 bridgehead atoms. The molecule has 0 aromatic heterocycles. The molecule has 3 N–H and O–H groups in total. The summed E-state index contributed by atoms with van der Waals surface area (Å²) in [5.74, 6) is -0.178. The fourth-order valence-electron chi connectivity index (χ4n) is 7.76. The molecule has 0 heterocycles. The van der Waals surface area contributed by atoms with Crippen molar-refractivity contribution in [3.8, 4) is 0 Å². The molecule has 9 heteroatoms. The molecule has 0 aromatic rings. The fourth-order valence-corrected chi connectivity index (χ4v) is 8.49. The van der Waals surface area contributed by atoms with Crippen molar-refractivity contribution in [1.29, 1.82) is 0 Å². The van der Waals surface area contributed by atoms with Gasteiger partial charge in [-0.1, -0.05) is 229 Å². The Bertz CT molecular complexity index is 1180. The number of phosphoric acid groups is 1. The molecule has 3 unspecified atom stereocenters. The summed E-state index contributed by atoms with van der Waals surface area (Å²) in [6.45, 7) is 4.80. The van der Waals surface area contributed by atoms with Gasteiger partial charge in [0.25, 0.3) is 0 Å². The summed E-state index contributed by atoms with van der Waals surface area (Å²) >= 11 is 0. The maximum atomic E-state index is 12.9. The van der Waals surface area contributed by atoms with Crippen LogP contribution in [0.2, 0.25) is 0 Å². The van der Waals surface area contributed by atoms with Crippen LogP contribution in [0.4, 0.5) is 0 Å². The molecule has 0 radical (unpaired) electrons. The predicted octanol–water partition coefficient (Wildman–Crippen LogP) is 16.0. The molecule has 0 aliphatic rings. The first kappa shape index (κ1) is 62.5. The highest BCUT2D eigenvalue weighted by molar-refractivity contribution is 7.47. The highest BCUT2D eigenvalue weighted by Crippen LogP contribution is 2.43. The number of amides is 1. The molecule has 0 aromatic carbocycles. The normalized spacial score (nSPS) is 14.4. The molecular formula is C55H106N2O6P+. The number of nitrogens with zero attached hydrogens (tertiary/aromatic N) is 1. The van der Waals surface area contributed by atoms with Crippen molar-refractivity contribution in [3.05, 3.63) is 48.6 Å². The van der Waals surface area contributed by atoms with E-state index in [0.29, 0.717) is 17.4 Å². The maximum Gasteiger partial charge on any atom is 0.472 e. The summed E-state index contributed by atoms with van der Waals surface area (Å²) in [5, 5.41) is 13.8. The quantitative estimate of drug-likeness (QED) is 0.0243. The van der Waals surface area contributed by atoms with Crippen LogP contribution in [0.25, 0.3) is 0 Å². The molecule has 0 rings (SSSR count). The largest absolute Gasteiger partial charge is 0.472 e. The Labute approximate surface area is 397 Å². The van der Waals surface area contributed by atoms with Crippen molar-refractivity contribution in [2.24, 2.45) is 0 Å². The molecule has 376 valence electrons. The zero-order valence-electron chi connectivity index (χ0n) is 42.8. The van der Waals surface area contributed by atoms with Gasteiger partial charge in [0.1, 0.15) is 13.2 Å². The van der Waals surface area contributed by atoms with Gasteiger partial charge in [-0.2, -0.15) is 0 Å². The van der Waals surface area contributed by atoms with Gasteiger partial charge in [0.15, 0.2) is 0 Å². The number of hydrogen-bond acceptors (Lipinski definition) is 5. The lowest BCUT2D eigenvalue weighted by Gasteiger charge is -2.25. The molecule has 3 atom stereocenters. The van der Waals surface area contributed by atoms with Crippen LogP contribution in [0.5, 0.6) is 0 Å². The number of quaternary nitrogens is 1. The number of aliphatic hydroxyl groups is 1. The fraction of sp³-hybridized carbons (Fsp3) is 0.836. The zero-order chi connectivity index (χ0) is 47.1. The molecular weight excluding hydrogens is 816 g/mol. The number of hydrogen-bond donors (Lipinski definition) is 3. The number of rotatable bonds is 49. The lowest BCUT2D eigenvalue weighted by molar-refractivity contribution is -0.870. The molecule has 0 saturated heterocycles. The van der Waals surface area contributed by atoms with E-state index in [-0.39, 0.29) is 19.1 Å². The Morgan fingerprint density at radius 1 is 0.531 bits per heavy atom. The van der Waals surface area contributed by atoms with Crippen LogP contribution < -0.4 is 5.32 Å². The SMILES string of the molecule is CCCCCCC/C=C\C/C=C\C/C=C\CCCCCCCCCCCCCCCCCCC(=O)NC(COP(=O)(O)OCC[N+](C)(C)C)C(O)/C=C/CCCCCCCCCCC. The highest BCUT2D eigenvalue weighted by Gasteiger charge is 2.27. The van der Waals surface area contributed by atoms with Gasteiger partial charge >= 0.3 is 7.82 Å². The van der Waals surface area contributed by atoms with Crippen LogP contribution in [0, 0.1) is 0 Å². The lowest BCUT2D eigenvalue weighted by Crippen LogP contribution is -2.45. The van der Waals surface area contributed by atoms with Gasteiger partial charge in [0.2, 0.25) is 5.91 Å². The standard InChI is InChI=1S/C55H105N2O6P/c1-6-8-10-12-14-16-18-19-20-21-22-23-24-25-26-27-28-29-30-31-32-33-34-35-36-37-39-41-43-45-47-49-55(59)56-53(52-63-64(60,61)62-51-50-57(3,4)5)54(58)48-46-44-42-40-38-17-15-13-11-9-7-2/h18-19,21-22,24-25,46,48,53-54,58H,6-17,20,23,26-45,47,49-52H2,1-5H3,(H-,56,59,60,61)/p+1/b19-18-,22-21-,25-24-,48-46+. The summed E-state index contributed by atoms with van der Waals surface area (Å²) in [4.78, 5) is 23.2. The van der Waals surface area contributed by atoms with Crippen molar-refractivity contribution >= 4 is 13.7 Å². The van der Waals surface area contributed by atoms with E-state index < -0.39 is 20.0 Å². The number of nitrogens with one attached hydrogen (secondary N) is 1. The molecule has 64 heavy (non-hydrogen) atoms. The predicted molar refractivity (Wildman–Crippen MR) is 277 cm³/mol. The first-order valence-corrected chi connectivity index (χ1v) is 28.5. The van der Waals surface area contributed by atoms with Crippen molar-refractivity contribution in [2.75, 3.05) is 40.9 Å². The molecule has 0 saturated carbocycles. The second-order valence-corrected chi connectivity index (χ2v) is 21.1. The molecule has 0 aliphatic heterocycles. The van der Waals surface area contributed by atoms with E-state index in [9.17, 15) is 19.4 Å². The van der Waals surface area contributed by atoms with E-state index in [1.165, 1.54) is 173 Å². The summed E-state index contributed by atoms with van der Waals surface area (Å²) in [6.07, 6.45) is 60.7. The first-order valence-electron chi connectivity index (χ1n) is 27.0. The van der Waals surface area contributed by atoms with Gasteiger partial charge in [0, 0.05) is 6.42 Å². The third-order valence-electron chi connectivity index (χ3n) is 12.0. The molecule has 0 aliphatic carbocycles. The third kappa shape index (κ3) is 48.4. The summed E-state index contributed by atoms with van der Waals surface area (Å²) in [7, 11) is 1.57. The van der Waals surface area contributed by atoms with Crippen LogP contribution in [0.15, 0.2) is 48.6 Å². The van der Waals surface area contributed by atoms with Gasteiger partial charge in [-0.3, -0.25) is 13.8 Å². The van der Waals surface area contributed by atoms with Crippen molar-refractivity contribution in [2.45, 2.75) is 257 Å². The van der Waals surface area contributed by atoms with Gasteiger partial charge < -0.3 is 19.8 Å². The lowest BCUT2D eigenvalue weighted by atomic mass is 10.0. The van der Waals surface area contributed by atoms with E-state index in [1.807, 2.05) is 27.2 Å². The van der Waals surface area contributed by atoms with E-state index in [1.54, 1.807) is 6.08 Å². The number of unbranched alkanes of at least 4 members (excludes halogenated alkanes) is 30. The Morgan fingerprint density at radius 3 is 1.30 bits per heavy atom. The van der Waals surface area contributed by atoms with Crippen molar-refractivity contribution in [3.63, 3.8) is 0 Å². The number of carbonyl (C=O) groups excluding carboxylic acids is 1. The maximum absolute atomic E-state index is 12.9. The highest BCUT2D eigenvalue weighted by atomic mass is 31.2. The van der Waals surface area contributed by atoms with E-state index in [2.05, 4.69) is 55.6 Å². The Kier molecular flexibility index (Phi) is 45.4. The van der Waals surface area contributed by atoms with Crippen LogP contribution in [-0.2, 0) is 18.4 Å². The Hall–Kier alpha value is -1.54. The van der Waals surface area contributed by atoms with Gasteiger partial charge in [-0.05, 0) is 57.8 Å².